The van der Waals surface area contributed by atoms with Gasteiger partial charge in [0.15, 0.2) is 11.2 Å². The molecule has 1 aromatic carbocycles. The van der Waals surface area contributed by atoms with Crippen molar-refractivity contribution in [3.8, 4) is 5.88 Å². The molecule has 1 saturated heterocycles. The Labute approximate surface area is 348 Å². The van der Waals surface area contributed by atoms with Gasteiger partial charge in [0.2, 0.25) is 23.4 Å². The van der Waals surface area contributed by atoms with Gasteiger partial charge < -0.3 is 55.8 Å². The van der Waals surface area contributed by atoms with Crippen molar-refractivity contribution in [2.75, 3.05) is 25.1 Å². The largest absolute Gasteiger partial charge is 0.476 e. The fraction of sp³-hybridized carbons (Fsp3) is 0.447. The average molecular weight is 863 g/mol. The number of anilines is 1. The molecule has 5 heterocycles. The van der Waals surface area contributed by atoms with Crippen molar-refractivity contribution in [1.82, 2.24) is 29.4 Å². The molecule has 3 aliphatic rings. The van der Waals surface area contributed by atoms with E-state index in [9.17, 15) is 39.5 Å². The van der Waals surface area contributed by atoms with E-state index in [4.69, 9.17) is 35.4 Å². The van der Waals surface area contributed by atoms with Crippen LogP contribution >= 0.6 is 0 Å². The van der Waals surface area contributed by atoms with E-state index in [1.807, 2.05) is 0 Å². The maximum Gasteiger partial charge on any atom is 0.407 e. The minimum absolute atomic E-state index is 0.00333. The van der Waals surface area contributed by atoms with Gasteiger partial charge in [0.25, 0.3) is 5.69 Å². The van der Waals surface area contributed by atoms with Crippen molar-refractivity contribution in [2.45, 2.75) is 89.1 Å². The number of alkyl carbamates (subject to hydrolysis) is 1. The molecular formula is C38H46N10O12Si. The Hall–Kier alpha value is -6.43. The molecule has 0 spiro atoms. The molecule has 22 nitrogen and oxygen atoms in total. The van der Waals surface area contributed by atoms with E-state index in [-0.39, 0.29) is 88.6 Å². The number of ether oxygens (including phenoxy) is 4. The molecule has 2 aliphatic heterocycles. The van der Waals surface area contributed by atoms with Crippen LogP contribution in [0, 0.1) is 10.1 Å². The standard InChI is InChI=1S/C38H46N10O12Si/c1-18-27(39)33(52)26-21(16-59-36(40)53)30-28(22(14-46(30)31(26)32(18)51)42-38(54)58-11-12-61(2,3)4)43-37-44-34-29(41-17-47(34)25-13-23(50)24(15-49)60-25)35(45-37)57-10-9-19-5-7-20(8-6-19)48(55)56/h5-8,17,22-25,28,49-50H,9-16,39H2,1-4H3,(H2,40,53)(H,42,54)(H,43,44,45)/t22-,23-,24+,25+,28+/m0/s1. The van der Waals surface area contributed by atoms with Crippen LogP contribution in [0.1, 0.15) is 63.3 Å². The number of non-ortho nitro benzene ring substituents is 1. The highest BCUT2D eigenvalue weighted by atomic mass is 28.3. The molecule has 61 heavy (non-hydrogen) atoms. The molecule has 0 unspecified atom stereocenters. The summed E-state index contributed by atoms with van der Waals surface area (Å²) in [6.45, 7) is 7.03. The SMILES string of the molecule is CC1=C(N)C(=O)c2c(COC(N)=O)c3n(c2C1=O)C[C@H](NC(=O)OCC[Si](C)(C)C)[C@H]3Nc1nc(OCCc2ccc([N+](=O)[O-])cc2)c2ncn([C@H]3C[C@H](O)[C@@H](CO)O3)c2n1. The van der Waals surface area contributed by atoms with E-state index < -0.39 is 80.5 Å². The molecule has 5 atom stereocenters. The van der Waals surface area contributed by atoms with E-state index in [2.05, 4.69) is 40.2 Å². The number of Topliss-reactive ketones (excluding diaryl/α,β-unsaturated/α-hetero) is 2. The molecule has 0 bridgehead atoms. The summed E-state index contributed by atoms with van der Waals surface area (Å²) in [7, 11) is -1.58. The number of ketones is 2. The molecule has 23 heteroatoms. The van der Waals surface area contributed by atoms with Crippen molar-refractivity contribution >= 4 is 54.6 Å². The number of hydrogen-bond donors (Lipinski definition) is 6. The first-order valence-electron chi connectivity index (χ1n) is 19.4. The number of amides is 2. The van der Waals surface area contributed by atoms with E-state index >= 15 is 0 Å². The van der Waals surface area contributed by atoms with E-state index in [1.54, 1.807) is 21.3 Å². The highest BCUT2D eigenvalue weighted by molar-refractivity contribution is 6.76. The molecule has 0 radical (unpaired) electrons. The summed E-state index contributed by atoms with van der Waals surface area (Å²) in [6.07, 6.45) is -2.72. The zero-order chi connectivity index (χ0) is 43.9. The molecule has 1 fully saturated rings. The first kappa shape index (κ1) is 42.7. The number of benzene rings is 1. The number of nitrogens with two attached hydrogens (primary N) is 2. The van der Waals surface area contributed by atoms with Gasteiger partial charge in [0.1, 0.15) is 24.6 Å². The number of aromatic nitrogens is 5. The third-order valence-electron chi connectivity index (χ3n) is 10.8. The molecule has 3 aromatic heterocycles. The second-order valence-electron chi connectivity index (χ2n) is 16.1. The number of carbonyl (C=O) groups excluding carboxylic acids is 4. The second-order valence-corrected chi connectivity index (χ2v) is 21.8. The van der Waals surface area contributed by atoms with Gasteiger partial charge in [0.05, 0.1) is 66.2 Å². The quantitative estimate of drug-likeness (QED) is 0.0568. The fourth-order valence-corrected chi connectivity index (χ4v) is 8.26. The van der Waals surface area contributed by atoms with Crippen LogP contribution in [0.4, 0.5) is 21.2 Å². The Morgan fingerprint density at radius 2 is 1.85 bits per heavy atom. The smallest absolute Gasteiger partial charge is 0.407 e. The number of nitro groups is 1. The molecule has 2 amide bonds. The summed E-state index contributed by atoms with van der Waals surface area (Å²) in [4.78, 5) is 77.5. The lowest BCUT2D eigenvalue weighted by atomic mass is 9.89. The van der Waals surface area contributed by atoms with E-state index in [1.165, 1.54) is 25.4 Å². The Kier molecular flexibility index (Phi) is 11.8. The summed E-state index contributed by atoms with van der Waals surface area (Å²) in [5, 5.41) is 37.7. The number of nitrogens with zero attached hydrogens (tertiary/aromatic N) is 6. The highest BCUT2D eigenvalue weighted by Crippen LogP contribution is 2.42. The van der Waals surface area contributed by atoms with Gasteiger partial charge in [-0.05, 0) is 18.5 Å². The Balaban J connectivity index is 1.30. The fourth-order valence-electron chi connectivity index (χ4n) is 7.55. The molecule has 7 rings (SSSR count). The Bertz CT molecular complexity index is 2440. The van der Waals surface area contributed by atoms with E-state index in [0.29, 0.717) is 12.5 Å². The van der Waals surface area contributed by atoms with Crippen molar-refractivity contribution in [1.29, 1.82) is 0 Å². The summed E-state index contributed by atoms with van der Waals surface area (Å²) in [6, 6.07) is 4.77. The van der Waals surface area contributed by atoms with Crippen LogP contribution in [-0.2, 0) is 33.8 Å². The summed E-state index contributed by atoms with van der Waals surface area (Å²) >= 11 is 0. The lowest BCUT2D eigenvalue weighted by molar-refractivity contribution is -0.384. The number of aliphatic hydroxyl groups is 2. The Morgan fingerprint density at radius 1 is 1.11 bits per heavy atom. The molecular weight excluding hydrogens is 817 g/mol. The number of nitro benzene ring substituents is 1. The predicted octanol–water partition coefficient (Wildman–Crippen LogP) is 2.61. The van der Waals surface area contributed by atoms with Gasteiger partial charge in [-0.1, -0.05) is 31.8 Å². The third-order valence-corrected chi connectivity index (χ3v) is 12.5. The second kappa shape index (κ2) is 16.9. The number of allylic oxidation sites excluding steroid dienone is 2. The van der Waals surface area contributed by atoms with Crippen LogP contribution in [0.3, 0.4) is 0 Å². The van der Waals surface area contributed by atoms with Crippen molar-refractivity contribution < 1.29 is 53.3 Å². The zero-order valence-corrected chi connectivity index (χ0v) is 34.7. The van der Waals surface area contributed by atoms with Crippen molar-refractivity contribution in [3.63, 3.8) is 0 Å². The maximum absolute atomic E-state index is 13.9. The number of fused-ring (bicyclic) bond motifs is 4. The molecule has 4 aromatic rings. The molecule has 8 N–H and O–H groups in total. The van der Waals surface area contributed by atoms with Crippen LogP contribution in [0.5, 0.6) is 5.88 Å². The number of rotatable bonds is 15. The normalized spacial score (nSPS) is 21.0. The van der Waals surface area contributed by atoms with Crippen molar-refractivity contribution in [2.24, 2.45) is 11.5 Å². The highest BCUT2D eigenvalue weighted by Gasteiger charge is 2.46. The predicted molar refractivity (Wildman–Crippen MR) is 216 cm³/mol. The topological polar surface area (TPSA) is 313 Å². The first-order valence-corrected chi connectivity index (χ1v) is 23.1. The summed E-state index contributed by atoms with van der Waals surface area (Å²) in [5.41, 5.74) is 12.6. The lowest BCUT2D eigenvalue weighted by Gasteiger charge is -2.24. The number of primary amides is 1. The summed E-state index contributed by atoms with van der Waals surface area (Å²) in [5.74, 6) is -1.28. The Morgan fingerprint density at radius 3 is 2.51 bits per heavy atom. The van der Waals surface area contributed by atoms with Gasteiger partial charge >= 0.3 is 12.2 Å². The molecule has 324 valence electrons. The maximum atomic E-state index is 13.9. The number of hydrogen-bond acceptors (Lipinski definition) is 17. The number of imidazole rings is 1. The summed E-state index contributed by atoms with van der Waals surface area (Å²) < 4.78 is 26.0. The van der Waals surface area contributed by atoms with Gasteiger partial charge in [-0.2, -0.15) is 9.97 Å². The molecule has 1 aliphatic carbocycles. The third kappa shape index (κ3) is 8.62. The van der Waals surface area contributed by atoms with Gasteiger partial charge in [-0.15, -0.1) is 0 Å². The van der Waals surface area contributed by atoms with Gasteiger partial charge in [0, 0.05) is 50.7 Å². The minimum Gasteiger partial charge on any atom is -0.476 e. The minimum atomic E-state index is -1.58. The average Bonchev–Trinajstić information content (AvgIpc) is 3.96. The van der Waals surface area contributed by atoms with Gasteiger partial charge in [-0.25, -0.2) is 14.6 Å². The lowest BCUT2D eigenvalue weighted by Crippen LogP contribution is -2.42. The van der Waals surface area contributed by atoms with Crippen LogP contribution in [0.2, 0.25) is 25.7 Å². The number of nitrogens with one attached hydrogen (secondary N) is 2. The van der Waals surface area contributed by atoms with Crippen LogP contribution in [0.25, 0.3) is 11.2 Å². The van der Waals surface area contributed by atoms with Gasteiger partial charge in [-0.3, -0.25) is 24.3 Å². The van der Waals surface area contributed by atoms with E-state index in [0.717, 1.165) is 5.56 Å². The monoisotopic (exact) mass is 862 g/mol. The zero-order valence-electron chi connectivity index (χ0n) is 33.7. The van der Waals surface area contributed by atoms with Crippen LogP contribution in [0.15, 0.2) is 41.9 Å². The van der Waals surface area contributed by atoms with Crippen molar-refractivity contribution in [3.05, 3.63) is 80.1 Å². The van der Waals surface area contributed by atoms with Crippen LogP contribution in [-0.4, -0.2) is 109 Å². The van der Waals surface area contributed by atoms with Crippen LogP contribution < -0.4 is 26.8 Å². The number of aliphatic hydroxyl groups excluding tert-OH is 2. The first-order chi connectivity index (χ1) is 28.9. The number of carbonyl (C=O) groups is 4. The molecule has 0 saturated carbocycles.